The standard InChI is InChI=1S/C12H22N2O4/c1-9(15)7-13(2)12(18)14(8-11(16)17)10-5-3-4-6-10/h9-10,15H,3-8H2,1-2H3,(H,16,17). The third kappa shape index (κ3) is 4.18. The van der Waals surface area contributed by atoms with E-state index in [2.05, 4.69) is 0 Å². The van der Waals surface area contributed by atoms with E-state index in [0.717, 1.165) is 25.7 Å². The Bertz CT molecular complexity index is 300. The van der Waals surface area contributed by atoms with Crippen LogP contribution in [-0.4, -0.2) is 64.3 Å². The minimum absolute atomic E-state index is 0.0186. The molecule has 0 aromatic rings. The van der Waals surface area contributed by atoms with Crippen LogP contribution in [0.25, 0.3) is 0 Å². The zero-order valence-corrected chi connectivity index (χ0v) is 11.0. The highest BCUT2D eigenvalue weighted by Crippen LogP contribution is 2.24. The van der Waals surface area contributed by atoms with Crippen LogP contribution in [0.1, 0.15) is 32.6 Å². The summed E-state index contributed by atoms with van der Waals surface area (Å²) in [7, 11) is 1.58. The van der Waals surface area contributed by atoms with E-state index in [9.17, 15) is 14.7 Å². The molecule has 0 bridgehead atoms. The maximum Gasteiger partial charge on any atom is 0.323 e. The lowest BCUT2D eigenvalue weighted by Gasteiger charge is -2.32. The molecule has 0 saturated heterocycles. The van der Waals surface area contributed by atoms with E-state index in [0.29, 0.717) is 0 Å². The maximum atomic E-state index is 12.2. The Balaban J connectivity index is 2.68. The topological polar surface area (TPSA) is 81.1 Å². The molecule has 1 aliphatic carbocycles. The number of carboxylic acids is 1. The van der Waals surface area contributed by atoms with E-state index >= 15 is 0 Å². The average molecular weight is 258 g/mol. The molecule has 6 heteroatoms. The number of carboxylic acid groups (broad SMARTS) is 1. The van der Waals surface area contributed by atoms with Gasteiger partial charge in [-0.15, -0.1) is 0 Å². The molecular weight excluding hydrogens is 236 g/mol. The van der Waals surface area contributed by atoms with Gasteiger partial charge in [0.1, 0.15) is 6.54 Å². The molecule has 1 saturated carbocycles. The Morgan fingerprint density at radius 2 is 1.89 bits per heavy atom. The molecule has 0 aromatic heterocycles. The van der Waals surface area contributed by atoms with Crippen molar-refractivity contribution in [2.75, 3.05) is 20.1 Å². The van der Waals surface area contributed by atoms with Crippen LogP contribution in [0.3, 0.4) is 0 Å². The minimum atomic E-state index is -0.999. The number of aliphatic hydroxyl groups excluding tert-OH is 1. The number of aliphatic hydroxyl groups is 1. The zero-order valence-electron chi connectivity index (χ0n) is 11.0. The molecule has 0 aromatic carbocycles. The van der Waals surface area contributed by atoms with Crippen molar-refractivity contribution in [2.24, 2.45) is 0 Å². The van der Waals surface area contributed by atoms with Gasteiger partial charge in [0, 0.05) is 19.6 Å². The van der Waals surface area contributed by atoms with Crippen molar-refractivity contribution in [3.05, 3.63) is 0 Å². The van der Waals surface area contributed by atoms with E-state index in [1.165, 1.54) is 9.80 Å². The molecular formula is C12H22N2O4. The fraction of sp³-hybridized carbons (Fsp3) is 0.833. The summed E-state index contributed by atoms with van der Waals surface area (Å²) in [5.74, 6) is -0.999. The third-order valence-corrected chi connectivity index (χ3v) is 3.18. The Morgan fingerprint density at radius 1 is 1.33 bits per heavy atom. The number of hydrogen-bond acceptors (Lipinski definition) is 3. The number of likely N-dealkylation sites (N-methyl/N-ethyl adjacent to an activating group) is 1. The third-order valence-electron chi connectivity index (χ3n) is 3.18. The first-order valence-electron chi connectivity index (χ1n) is 6.33. The molecule has 6 nitrogen and oxygen atoms in total. The number of urea groups is 1. The second-order valence-corrected chi connectivity index (χ2v) is 4.97. The van der Waals surface area contributed by atoms with E-state index in [4.69, 9.17) is 5.11 Å². The number of rotatable bonds is 5. The van der Waals surface area contributed by atoms with Gasteiger partial charge in [0.05, 0.1) is 6.10 Å². The molecule has 1 aliphatic rings. The summed E-state index contributed by atoms with van der Waals surface area (Å²) in [6.45, 7) is 1.54. The summed E-state index contributed by atoms with van der Waals surface area (Å²) in [6.07, 6.45) is 3.18. The van der Waals surface area contributed by atoms with Crippen molar-refractivity contribution >= 4 is 12.0 Å². The molecule has 2 amide bonds. The summed E-state index contributed by atoms with van der Waals surface area (Å²) >= 11 is 0. The highest BCUT2D eigenvalue weighted by molar-refractivity contribution is 5.80. The lowest BCUT2D eigenvalue weighted by molar-refractivity contribution is -0.138. The van der Waals surface area contributed by atoms with E-state index < -0.39 is 12.1 Å². The number of carbonyl (C=O) groups excluding carboxylic acids is 1. The molecule has 1 unspecified atom stereocenters. The Kier molecular flexibility index (Phi) is 5.40. The van der Waals surface area contributed by atoms with Gasteiger partial charge in [0.15, 0.2) is 0 Å². The molecule has 1 fully saturated rings. The zero-order chi connectivity index (χ0) is 13.7. The fourth-order valence-corrected chi connectivity index (χ4v) is 2.41. The van der Waals surface area contributed by atoms with Crippen LogP contribution in [0.4, 0.5) is 4.79 Å². The molecule has 0 aliphatic heterocycles. The molecule has 1 rings (SSSR count). The number of carbonyl (C=O) groups is 2. The SMILES string of the molecule is CC(O)CN(C)C(=O)N(CC(=O)O)C1CCCC1. The molecule has 0 heterocycles. The molecule has 2 N–H and O–H groups in total. The monoisotopic (exact) mass is 258 g/mol. The van der Waals surface area contributed by atoms with Crippen LogP contribution < -0.4 is 0 Å². The van der Waals surface area contributed by atoms with Crippen LogP contribution in [0.2, 0.25) is 0 Å². The first-order valence-corrected chi connectivity index (χ1v) is 6.33. The first kappa shape index (κ1) is 14.8. The van der Waals surface area contributed by atoms with Crippen LogP contribution in [-0.2, 0) is 4.79 Å². The highest BCUT2D eigenvalue weighted by atomic mass is 16.4. The van der Waals surface area contributed by atoms with Crippen molar-refractivity contribution < 1.29 is 19.8 Å². The van der Waals surface area contributed by atoms with Crippen LogP contribution in [0.5, 0.6) is 0 Å². The van der Waals surface area contributed by atoms with E-state index in [1.807, 2.05) is 0 Å². The quantitative estimate of drug-likeness (QED) is 0.762. The van der Waals surface area contributed by atoms with E-state index in [-0.39, 0.29) is 25.2 Å². The van der Waals surface area contributed by atoms with Gasteiger partial charge in [-0.2, -0.15) is 0 Å². The lowest BCUT2D eigenvalue weighted by Crippen LogP contribution is -2.49. The Morgan fingerprint density at radius 3 is 2.33 bits per heavy atom. The fourth-order valence-electron chi connectivity index (χ4n) is 2.41. The molecule has 0 spiro atoms. The highest BCUT2D eigenvalue weighted by Gasteiger charge is 2.30. The van der Waals surface area contributed by atoms with Gasteiger partial charge in [-0.25, -0.2) is 4.79 Å². The van der Waals surface area contributed by atoms with Gasteiger partial charge in [-0.3, -0.25) is 4.79 Å². The van der Waals surface area contributed by atoms with Gasteiger partial charge >= 0.3 is 12.0 Å². The lowest BCUT2D eigenvalue weighted by atomic mass is 10.2. The van der Waals surface area contributed by atoms with Gasteiger partial charge < -0.3 is 20.0 Å². The summed E-state index contributed by atoms with van der Waals surface area (Å²) < 4.78 is 0. The molecule has 0 radical (unpaired) electrons. The van der Waals surface area contributed by atoms with Crippen LogP contribution in [0.15, 0.2) is 0 Å². The van der Waals surface area contributed by atoms with E-state index in [1.54, 1.807) is 14.0 Å². The summed E-state index contributed by atoms with van der Waals surface area (Å²) in [5, 5.41) is 18.2. The van der Waals surface area contributed by atoms with Gasteiger partial charge in [0.2, 0.25) is 0 Å². The molecule has 104 valence electrons. The van der Waals surface area contributed by atoms with Crippen LogP contribution >= 0.6 is 0 Å². The molecule has 18 heavy (non-hydrogen) atoms. The first-order chi connectivity index (χ1) is 8.41. The van der Waals surface area contributed by atoms with Gasteiger partial charge in [-0.05, 0) is 19.8 Å². The predicted octanol–water partition coefficient (Wildman–Crippen LogP) is 0.748. The van der Waals surface area contributed by atoms with Crippen molar-refractivity contribution in [1.29, 1.82) is 0 Å². The number of amides is 2. The maximum absolute atomic E-state index is 12.2. The summed E-state index contributed by atoms with van der Waals surface area (Å²) in [4.78, 5) is 25.8. The Labute approximate surface area is 107 Å². The van der Waals surface area contributed by atoms with Gasteiger partial charge in [0.25, 0.3) is 0 Å². The summed E-state index contributed by atoms with van der Waals surface area (Å²) in [5.41, 5.74) is 0. The predicted molar refractivity (Wildman–Crippen MR) is 66.3 cm³/mol. The van der Waals surface area contributed by atoms with Crippen molar-refractivity contribution in [1.82, 2.24) is 9.80 Å². The van der Waals surface area contributed by atoms with Crippen molar-refractivity contribution in [3.63, 3.8) is 0 Å². The smallest absolute Gasteiger partial charge is 0.323 e. The second-order valence-electron chi connectivity index (χ2n) is 4.97. The van der Waals surface area contributed by atoms with Crippen molar-refractivity contribution in [2.45, 2.75) is 44.8 Å². The molecule has 1 atom stereocenters. The largest absolute Gasteiger partial charge is 0.480 e. The summed E-state index contributed by atoms with van der Waals surface area (Å²) in [6, 6.07) is -0.296. The van der Waals surface area contributed by atoms with Gasteiger partial charge in [-0.1, -0.05) is 12.8 Å². The Hall–Kier alpha value is -1.30. The number of nitrogens with zero attached hydrogens (tertiary/aromatic N) is 2. The number of hydrogen-bond donors (Lipinski definition) is 2. The van der Waals surface area contributed by atoms with Crippen molar-refractivity contribution in [3.8, 4) is 0 Å². The second kappa shape index (κ2) is 6.58. The average Bonchev–Trinajstić information content (AvgIpc) is 2.76. The minimum Gasteiger partial charge on any atom is -0.480 e. The van der Waals surface area contributed by atoms with Crippen LogP contribution in [0, 0.1) is 0 Å². The normalized spacial score (nSPS) is 17.5. The number of aliphatic carboxylic acids is 1.